The van der Waals surface area contributed by atoms with E-state index in [4.69, 9.17) is 11.5 Å². The van der Waals surface area contributed by atoms with E-state index in [0.29, 0.717) is 30.6 Å². The molecule has 1 saturated heterocycles. The molecule has 60 heavy (non-hydrogen) atoms. The summed E-state index contributed by atoms with van der Waals surface area (Å²) >= 11 is 0. The average molecular weight is 853 g/mol. The molecule has 5 rings (SSSR count). The van der Waals surface area contributed by atoms with Crippen molar-refractivity contribution in [3.05, 3.63) is 119 Å². The van der Waals surface area contributed by atoms with E-state index >= 15 is 0 Å². The van der Waals surface area contributed by atoms with Gasteiger partial charge in [0, 0.05) is 96.3 Å². The summed E-state index contributed by atoms with van der Waals surface area (Å²) in [4.78, 5) is 33.8. The highest BCUT2D eigenvalue weighted by Crippen LogP contribution is 2.37. The summed E-state index contributed by atoms with van der Waals surface area (Å²) in [5.74, 6) is 0.745. The van der Waals surface area contributed by atoms with E-state index in [1.165, 1.54) is 50.5 Å². The molecule has 3 heterocycles. The number of nitrogens with two attached hydrogens (primary N) is 2. The van der Waals surface area contributed by atoms with Crippen molar-refractivity contribution in [2.75, 3.05) is 88.8 Å². The predicted molar refractivity (Wildman–Crippen MR) is 256 cm³/mol. The van der Waals surface area contributed by atoms with Gasteiger partial charge in [0.1, 0.15) is 13.1 Å². The molecule has 0 radical (unpaired) electrons. The van der Waals surface area contributed by atoms with E-state index in [2.05, 4.69) is 159 Å². The molecular formula is C48H68N8O2S2+2. The van der Waals surface area contributed by atoms with E-state index in [0.717, 1.165) is 60.4 Å². The summed E-state index contributed by atoms with van der Waals surface area (Å²) in [6, 6.07) is 20.9. The fourth-order valence-electron chi connectivity index (χ4n) is 7.48. The number of hydrogen-bond donors (Lipinski definition) is 2. The zero-order chi connectivity index (χ0) is 43.2. The van der Waals surface area contributed by atoms with Crippen LogP contribution in [-0.4, -0.2) is 123 Å². The van der Waals surface area contributed by atoms with Gasteiger partial charge in [0.05, 0.1) is 24.8 Å². The number of carbonyl (C=O) groups is 2. The van der Waals surface area contributed by atoms with Crippen LogP contribution in [0.2, 0.25) is 0 Å². The first-order valence-corrected chi connectivity index (χ1v) is 23.8. The average Bonchev–Trinajstić information content (AvgIpc) is 4.00. The molecule has 4 atom stereocenters. The van der Waals surface area contributed by atoms with Crippen LogP contribution in [0.1, 0.15) is 49.1 Å². The Kier molecular flexibility index (Phi) is 17.5. The highest BCUT2D eigenvalue weighted by Gasteiger charge is 2.52. The maximum absolute atomic E-state index is 13.0. The summed E-state index contributed by atoms with van der Waals surface area (Å²) in [6.45, 7) is 12.8. The van der Waals surface area contributed by atoms with Crippen LogP contribution >= 0.6 is 21.6 Å². The standard InChI is InChI=1S/C48H68N8O2S2/c1-8-55-30-24-40(32-37(55)3)14-12-38-16-20-42(21-17-38)51(4)26-10-28-53(6)47(57)45(49)35-59-60-36-46(50)48(58)54(7)29-11-27-52(5)43-22-18-39(19-23-43)13-15-41-25-31-56(9-2)34-44(56)33-41/h12-25,30-33,44-46H,8-11,26-29,34-36,49-50H2,1-7H3/q+2/b15-13+/t44?,45?,46?,56-/m1/s1. The van der Waals surface area contributed by atoms with Gasteiger partial charge in [-0.25, -0.2) is 4.57 Å². The Bertz CT molecular complexity index is 2000. The molecule has 2 aliphatic rings. The third kappa shape index (κ3) is 13.3. The molecule has 3 unspecified atom stereocenters. The number of aromatic nitrogens is 1. The Balaban J connectivity index is 0.914. The number of likely N-dealkylation sites (N-methyl/N-ethyl adjacent to an activating group) is 3. The van der Waals surface area contributed by atoms with E-state index in [1.807, 2.05) is 14.1 Å². The molecule has 2 amide bonds. The number of amides is 2. The first-order chi connectivity index (χ1) is 28.8. The van der Waals surface area contributed by atoms with Gasteiger partial charge in [-0.2, -0.15) is 0 Å². The van der Waals surface area contributed by atoms with Crippen molar-refractivity contribution in [2.24, 2.45) is 11.5 Å². The minimum Gasteiger partial charge on any atom is -0.375 e. The van der Waals surface area contributed by atoms with Crippen molar-refractivity contribution >= 4 is 63.0 Å². The number of benzene rings is 2. The molecule has 0 spiro atoms. The quantitative estimate of drug-likeness (QED) is 0.0369. The number of pyridine rings is 1. The van der Waals surface area contributed by atoms with Gasteiger partial charge in [-0.3, -0.25) is 14.1 Å². The second-order valence-electron chi connectivity index (χ2n) is 16.2. The normalized spacial score (nSPS) is 17.9. The molecule has 12 heteroatoms. The minimum atomic E-state index is -0.618. The monoisotopic (exact) mass is 852 g/mol. The smallest absolute Gasteiger partial charge is 0.240 e. The van der Waals surface area contributed by atoms with E-state index in [1.54, 1.807) is 9.80 Å². The summed E-state index contributed by atoms with van der Waals surface area (Å²) in [5, 5.41) is 0. The van der Waals surface area contributed by atoms with Crippen LogP contribution < -0.4 is 25.8 Å². The molecular weight excluding hydrogens is 785 g/mol. The van der Waals surface area contributed by atoms with Crippen LogP contribution in [0.25, 0.3) is 18.2 Å². The van der Waals surface area contributed by atoms with E-state index < -0.39 is 12.1 Å². The largest absolute Gasteiger partial charge is 0.375 e. The summed E-state index contributed by atoms with van der Waals surface area (Å²) in [7, 11) is 10.8. The zero-order valence-electron chi connectivity index (χ0n) is 36.9. The second-order valence-corrected chi connectivity index (χ2v) is 18.8. The molecule has 1 fully saturated rings. The lowest BCUT2D eigenvalue weighted by atomic mass is 10.1. The Hall–Kier alpha value is -4.33. The minimum absolute atomic E-state index is 0.0773. The second kappa shape index (κ2) is 22.5. The number of carbonyl (C=O) groups excluding carboxylic acids is 2. The van der Waals surface area contributed by atoms with Crippen molar-refractivity contribution in [3.63, 3.8) is 0 Å². The molecule has 1 aromatic heterocycles. The van der Waals surface area contributed by atoms with Gasteiger partial charge >= 0.3 is 0 Å². The number of aryl methyl sites for hydroxylation is 2. The van der Waals surface area contributed by atoms with Gasteiger partial charge in [-0.15, -0.1) is 0 Å². The number of rotatable bonds is 23. The van der Waals surface area contributed by atoms with Gasteiger partial charge in [0.15, 0.2) is 17.9 Å². The Morgan fingerprint density at radius 3 is 1.72 bits per heavy atom. The predicted octanol–water partition coefficient (Wildman–Crippen LogP) is 6.46. The zero-order valence-corrected chi connectivity index (χ0v) is 38.5. The third-order valence-electron chi connectivity index (χ3n) is 11.8. The number of hydrogen-bond acceptors (Lipinski definition) is 8. The third-order valence-corrected chi connectivity index (χ3v) is 14.2. The fraction of sp³-hybridized carbons (Fsp3) is 0.438. The topological polar surface area (TPSA) is 103 Å². The number of quaternary nitrogens is 1. The van der Waals surface area contributed by atoms with Crippen molar-refractivity contribution < 1.29 is 18.6 Å². The molecule has 0 aliphatic carbocycles. The summed E-state index contributed by atoms with van der Waals surface area (Å²) < 4.78 is 3.34. The number of allylic oxidation sites excluding steroid dienone is 3. The van der Waals surface area contributed by atoms with Crippen LogP contribution in [0.5, 0.6) is 0 Å². The lowest BCUT2D eigenvalue weighted by Gasteiger charge is -2.24. The SMILES string of the molecule is CC[n+]1ccc(/C=C/c2ccc(N(C)CCCN(C)C(=O)C(N)CSSCC(N)C(=O)N(C)CCCN(C)c3ccc(/C=C/C4=CC5C[N@@+]5(CC)C=C4)cc3)cc2)cc1C. The van der Waals surface area contributed by atoms with Crippen molar-refractivity contribution in [1.82, 2.24) is 9.80 Å². The molecule has 0 saturated carbocycles. The van der Waals surface area contributed by atoms with Crippen molar-refractivity contribution in [1.29, 1.82) is 0 Å². The molecule has 4 N–H and O–H groups in total. The van der Waals surface area contributed by atoms with Crippen LogP contribution in [0.4, 0.5) is 11.4 Å². The molecule has 2 aromatic carbocycles. The number of nitrogens with zero attached hydrogens (tertiary/aromatic N) is 6. The first-order valence-electron chi connectivity index (χ1n) is 21.3. The molecule has 10 nitrogen and oxygen atoms in total. The van der Waals surface area contributed by atoms with Gasteiger partial charge in [-0.05, 0) is 85.4 Å². The van der Waals surface area contributed by atoms with Crippen molar-refractivity contribution in [3.8, 4) is 0 Å². The van der Waals surface area contributed by atoms with Gasteiger partial charge in [0.2, 0.25) is 11.8 Å². The number of fused-ring (bicyclic) bond motifs is 1. The van der Waals surface area contributed by atoms with Crippen LogP contribution in [0, 0.1) is 6.92 Å². The Morgan fingerprint density at radius 2 is 1.25 bits per heavy atom. The molecule has 0 bridgehead atoms. The summed E-state index contributed by atoms with van der Waals surface area (Å²) in [5.41, 5.74) is 20.9. The fourth-order valence-corrected chi connectivity index (χ4v) is 9.70. The molecule has 2 aliphatic heterocycles. The van der Waals surface area contributed by atoms with Gasteiger partial charge < -0.3 is 31.1 Å². The highest BCUT2D eigenvalue weighted by atomic mass is 33.1. The van der Waals surface area contributed by atoms with Gasteiger partial charge in [0.25, 0.3) is 0 Å². The van der Waals surface area contributed by atoms with Gasteiger partial charge in [-0.1, -0.05) is 70.2 Å². The van der Waals surface area contributed by atoms with Crippen LogP contribution in [0.3, 0.4) is 0 Å². The highest BCUT2D eigenvalue weighted by molar-refractivity contribution is 8.76. The summed E-state index contributed by atoms with van der Waals surface area (Å²) in [6.07, 6.45) is 19.4. The molecule has 322 valence electrons. The first kappa shape index (κ1) is 46.7. The maximum atomic E-state index is 13.0. The maximum Gasteiger partial charge on any atom is 0.240 e. The Labute approximate surface area is 367 Å². The van der Waals surface area contributed by atoms with Crippen molar-refractivity contribution in [2.45, 2.75) is 58.3 Å². The number of anilines is 2. The van der Waals surface area contributed by atoms with Crippen LogP contribution in [-0.2, 0) is 16.1 Å². The lowest BCUT2D eigenvalue weighted by molar-refractivity contribution is -0.752. The van der Waals surface area contributed by atoms with E-state index in [9.17, 15) is 9.59 Å². The van der Waals surface area contributed by atoms with Crippen LogP contribution in [0.15, 0.2) is 96.9 Å². The lowest BCUT2D eigenvalue weighted by Crippen LogP contribution is -2.44. The molecule has 3 aromatic rings. The Morgan fingerprint density at radius 1 is 0.750 bits per heavy atom. The van der Waals surface area contributed by atoms with E-state index in [-0.39, 0.29) is 11.8 Å².